The Morgan fingerprint density at radius 1 is 1.23 bits per heavy atom. The average Bonchev–Trinajstić information content (AvgIpc) is 2.68. The Labute approximate surface area is 132 Å². The number of sulfone groups is 1. The average molecular weight is 323 g/mol. The van der Waals surface area contributed by atoms with Crippen molar-refractivity contribution in [1.29, 1.82) is 0 Å². The van der Waals surface area contributed by atoms with E-state index >= 15 is 0 Å². The number of rotatable bonds is 2. The van der Waals surface area contributed by atoms with Gasteiger partial charge in [0.2, 0.25) is 5.95 Å². The fourth-order valence-corrected chi connectivity index (χ4v) is 5.03. The Balaban J connectivity index is 1.73. The minimum Gasteiger partial charge on any atom is -0.351 e. The molecule has 5 nitrogen and oxygen atoms in total. The van der Waals surface area contributed by atoms with Crippen LogP contribution in [0.5, 0.6) is 0 Å². The second-order valence-electron chi connectivity index (χ2n) is 7.14. The zero-order chi connectivity index (χ0) is 15.8. The quantitative estimate of drug-likeness (QED) is 0.847. The lowest BCUT2D eigenvalue weighted by Gasteiger charge is -2.35. The van der Waals surface area contributed by atoms with Crippen molar-refractivity contribution in [3.63, 3.8) is 0 Å². The van der Waals surface area contributed by atoms with Crippen molar-refractivity contribution in [2.24, 2.45) is 0 Å². The third-order valence-corrected chi connectivity index (χ3v) is 7.59. The number of hydrogen-bond acceptors (Lipinski definition) is 5. The molecule has 0 bridgehead atoms. The fraction of sp³-hybridized carbons (Fsp3) is 0.750. The van der Waals surface area contributed by atoms with Crippen molar-refractivity contribution < 1.29 is 8.42 Å². The first-order chi connectivity index (χ1) is 10.4. The third-order valence-electron chi connectivity index (χ3n) is 4.96. The van der Waals surface area contributed by atoms with E-state index in [1.54, 1.807) is 0 Å². The molecule has 0 spiro atoms. The highest BCUT2D eigenvalue weighted by Gasteiger charge is 2.41. The van der Waals surface area contributed by atoms with Crippen molar-refractivity contribution in [2.45, 2.75) is 69.6 Å². The monoisotopic (exact) mass is 323 g/mol. The van der Waals surface area contributed by atoms with E-state index in [1.807, 2.05) is 20.0 Å². The van der Waals surface area contributed by atoms with E-state index in [0.29, 0.717) is 18.8 Å². The number of aromatic nitrogens is 2. The van der Waals surface area contributed by atoms with Gasteiger partial charge in [0.25, 0.3) is 0 Å². The predicted molar refractivity (Wildman–Crippen MR) is 87.8 cm³/mol. The van der Waals surface area contributed by atoms with Crippen molar-refractivity contribution in [2.75, 3.05) is 11.1 Å². The van der Waals surface area contributed by atoms with Crippen LogP contribution in [0.4, 0.5) is 5.95 Å². The summed E-state index contributed by atoms with van der Waals surface area (Å²) >= 11 is 0. The summed E-state index contributed by atoms with van der Waals surface area (Å²) in [4.78, 5) is 9.12. The molecule has 22 heavy (non-hydrogen) atoms. The van der Waals surface area contributed by atoms with Crippen LogP contribution in [0.1, 0.15) is 57.2 Å². The lowest BCUT2D eigenvalue weighted by Crippen LogP contribution is -2.45. The molecular weight excluding hydrogens is 298 g/mol. The van der Waals surface area contributed by atoms with Gasteiger partial charge in [0.1, 0.15) is 0 Å². The van der Waals surface area contributed by atoms with Crippen LogP contribution in [0.25, 0.3) is 0 Å². The van der Waals surface area contributed by atoms with Crippen molar-refractivity contribution in [3.8, 4) is 0 Å². The second kappa shape index (κ2) is 5.80. The number of aryl methyl sites for hydroxylation is 2. The Morgan fingerprint density at radius 2 is 2.00 bits per heavy atom. The Kier molecular flexibility index (Phi) is 4.14. The molecule has 2 heterocycles. The maximum absolute atomic E-state index is 12.1. The molecule has 3 rings (SSSR count). The molecule has 1 aromatic heterocycles. The molecule has 1 aliphatic carbocycles. The molecule has 6 heteroatoms. The van der Waals surface area contributed by atoms with Crippen LogP contribution in [0, 0.1) is 0 Å². The molecule has 0 amide bonds. The van der Waals surface area contributed by atoms with Crippen LogP contribution in [0.2, 0.25) is 0 Å². The van der Waals surface area contributed by atoms with Gasteiger partial charge in [-0.25, -0.2) is 18.4 Å². The molecule has 1 atom stereocenters. The maximum Gasteiger partial charge on any atom is 0.223 e. The van der Waals surface area contributed by atoms with Gasteiger partial charge in [-0.15, -0.1) is 0 Å². The third kappa shape index (κ3) is 3.12. The normalized spacial score (nSPS) is 26.7. The number of nitrogens with one attached hydrogen (secondary N) is 1. The van der Waals surface area contributed by atoms with Crippen LogP contribution >= 0.6 is 0 Å². The van der Waals surface area contributed by atoms with Crippen LogP contribution in [-0.2, 0) is 22.7 Å². The molecule has 1 fully saturated rings. The standard InChI is InChI=1S/C16H25N3O2S/c1-16(2)10-13(8-9-22(16,20)21)18-15-17-11-12-6-4-3-5-7-14(12)19-15/h11,13H,3-10H2,1-2H3,(H,17,18,19). The largest absolute Gasteiger partial charge is 0.351 e. The van der Waals surface area contributed by atoms with E-state index in [4.69, 9.17) is 0 Å². The molecule has 1 aromatic rings. The number of hydrogen-bond donors (Lipinski definition) is 1. The van der Waals surface area contributed by atoms with E-state index < -0.39 is 14.6 Å². The summed E-state index contributed by atoms with van der Waals surface area (Å²) in [6, 6.07) is 0.127. The number of anilines is 1. The molecule has 1 saturated heterocycles. The zero-order valence-corrected chi connectivity index (χ0v) is 14.2. The summed E-state index contributed by atoms with van der Waals surface area (Å²) < 4.78 is 23.5. The van der Waals surface area contributed by atoms with Crippen molar-refractivity contribution in [3.05, 3.63) is 17.5 Å². The molecule has 2 aliphatic rings. The first kappa shape index (κ1) is 15.7. The van der Waals surface area contributed by atoms with Gasteiger partial charge < -0.3 is 5.32 Å². The predicted octanol–water partition coefficient (Wildman–Crippen LogP) is 2.51. The number of nitrogens with zero attached hydrogens (tertiary/aromatic N) is 2. The Hall–Kier alpha value is -1.17. The summed E-state index contributed by atoms with van der Waals surface area (Å²) in [5.41, 5.74) is 2.44. The SMILES string of the molecule is CC1(C)CC(Nc2ncc3c(n2)CCCCC3)CCS1(=O)=O. The molecule has 1 aliphatic heterocycles. The lowest BCUT2D eigenvalue weighted by atomic mass is 10.00. The number of fused-ring (bicyclic) bond motifs is 1. The van der Waals surface area contributed by atoms with Crippen LogP contribution in [-0.4, -0.2) is 34.9 Å². The van der Waals surface area contributed by atoms with Gasteiger partial charge in [0.15, 0.2) is 9.84 Å². The second-order valence-corrected chi connectivity index (χ2v) is 9.88. The topological polar surface area (TPSA) is 72.0 Å². The molecule has 1 unspecified atom stereocenters. The first-order valence-corrected chi connectivity index (χ1v) is 9.86. The summed E-state index contributed by atoms with van der Waals surface area (Å²) in [5.74, 6) is 0.892. The lowest BCUT2D eigenvalue weighted by molar-refractivity contribution is 0.461. The van der Waals surface area contributed by atoms with E-state index in [0.717, 1.165) is 18.5 Å². The summed E-state index contributed by atoms with van der Waals surface area (Å²) in [5, 5.41) is 3.36. The van der Waals surface area contributed by atoms with Gasteiger partial charge in [-0.2, -0.15) is 0 Å². The first-order valence-electron chi connectivity index (χ1n) is 8.21. The van der Waals surface area contributed by atoms with Crippen LogP contribution in [0.15, 0.2) is 6.20 Å². The van der Waals surface area contributed by atoms with Gasteiger partial charge in [-0.3, -0.25) is 0 Å². The minimum atomic E-state index is -2.99. The highest BCUT2D eigenvalue weighted by Crippen LogP contribution is 2.31. The Bertz CT molecular complexity index is 655. The molecule has 1 N–H and O–H groups in total. The van der Waals surface area contributed by atoms with Crippen molar-refractivity contribution >= 4 is 15.8 Å². The highest BCUT2D eigenvalue weighted by molar-refractivity contribution is 7.92. The zero-order valence-electron chi connectivity index (χ0n) is 13.4. The fourth-order valence-electron chi connectivity index (χ4n) is 3.42. The summed E-state index contributed by atoms with van der Waals surface area (Å²) in [6.45, 7) is 3.63. The van der Waals surface area contributed by atoms with Gasteiger partial charge >= 0.3 is 0 Å². The van der Waals surface area contributed by atoms with Crippen LogP contribution < -0.4 is 5.32 Å². The van der Waals surface area contributed by atoms with E-state index in [9.17, 15) is 8.42 Å². The van der Waals surface area contributed by atoms with Gasteiger partial charge in [0.05, 0.1) is 10.5 Å². The van der Waals surface area contributed by atoms with Gasteiger partial charge in [-0.05, 0) is 57.9 Å². The smallest absolute Gasteiger partial charge is 0.223 e. The summed E-state index contributed by atoms with van der Waals surface area (Å²) in [7, 11) is -2.99. The molecule has 0 saturated carbocycles. The van der Waals surface area contributed by atoms with Crippen LogP contribution in [0.3, 0.4) is 0 Å². The molecule has 0 radical (unpaired) electrons. The maximum atomic E-state index is 12.1. The Morgan fingerprint density at radius 3 is 2.77 bits per heavy atom. The van der Waals surface area contributed by atoms with E-state index in [-0.39, 0.29) is 11.8 Å². The van der Waals surface area contributed by atoms with Crippen molar-refractivity contribution in [1.82, 2.24) is 9.97 Å². The van der Waals surface area contributed by atoms with Gasteiger partial charge in [-0.1, -0.05) is 6.42 Å². The molecular formula is C16H25N3O2S. The highest BCUT2D eigenvalue weighted by atomic mass is 32.2. The minimum absolute atomic E-state index is 0.127. The molecule has 122 valence electrons. The molecule has 0 aromatic carbocycles. The van der Waals surface area contributed by atoms with E-state index in [2.05, 4.69) is 15.3 Å². The van der Waals surface area contributed by atoms with Gasteiger partial charge in [0, 0.05) is 17.9 Å². The van der Waals surface area contributed by atoms with E-state index in [1.165, 1.54) is 24.8 Å². The summed E-state index contributed by atoms with van der Waals surface area (Å²) in [6.07, 6.45) is 8.95.